The van der Waals surface area contributed by atoms with E-state index in [1.165, 1.54) is 22.3 Å². The van der Waals surface area contributed by atoms with E-state index in [9.17, 15) is 10.2 Å². The van der Waals surface area contributed by atoms with Gasteiger partial charge in [0, 0.05) is 0 Å². The molecule has 0 aliphatic rings. The fourth-order valence-corrected chi connectivity index (χ4v) is 4.09. The second kappa shape index (κ2) is 9.51. The van der Waals surface area contributed by atoms with Crippen LogP contribution in [0, 0.1) is 0 Å². The minimum atomic E-state index is 0.310. The van der Waals surface area contributed by atoms with E-state index in [1.807, 2.05) is 60.7 Å². The second-order valence-electron chi connectivity index (χ2n) is 8.22. The van der Waals surface area contributed by atoms with Crippen molar-refractivity contribution in [2.75, 3.05) is 0 Å². The summed E-state index contributed by atoms with van der Waals surface area (Å²) in [7, 11) is 0. The number of phenolic OH excluding ortho intramolecular Hbond substituents is 2. The third-order valence-electron chi connectivity index (χ3n) is 5.86. The molecule has 0 aliphatic heterocycles. The average molecular weight is 441 g/mol. The molecule has 0 unspecified atom stereocenters. The van der Waals surface area contributed by atoms with Gasteiger partial charge in [-0.2, -0.15) is 0 Å². The highest BCUT2D eigenvalue weighted by molar-refractivity contribution is 5.89. The highest BCUT2D eigenvalue weighted by Crippen LogP contribution is 2.27. The lowest BCUT2D eigenvalue weighted by atomic mass is 10.0. The van der Waals surface area contributed by atoms with Gasteiger partial charge in [0.2, 0.25) is 0 Å². The van der Waals surface area contributed by atoms with E-state index in [2.05, 4.69) is 48.5 Å². The standard InChI is InChI=1S/2C16H12O/c2*17-16-9-8-14-10-13(6-7-15(14)11-16)12-4-2-1-3-5-12/h2*1-11,17H. The third kappa shape index (κ3) is 4.77. The Morgan fingerprint density at radius 3 is 1.06 bits per heavy atom. The minimum absolute atomic E-state index is 0.310. The van der Waals surface area contributed by atoms with E-state index in [-0.39, 0.29) is 0 Å². The van der Waals surface area contributed by atoms with Crippen LogP contribution in [-0.4, -0.2) is 10.2 Å². The molecule has 164 valence electrons. The number of hydrogen-bond donors (Lipinski definition) is 2. The molecule has 0 atom stereocenters. The molecule has 0 aromatic heterocycles. The Balaban J connectivity index is 0.000000142. The van der Waals surface area contributed by atoms with Crippen LogP contribution < -0.4 is 0 Å². The summed E-state index contributed by atoms with van der Waals surface area (Å²) in [5.74, 6) is 0.620. The number of aromatic hydroxyl groups is 2. The molecule has 6 rings (SSSR count). The lowest BCUT2D eigenvalue weighted by Gasteiger charge is -2.04. The van der Waals surface area contributed by atoms with Crippen molar-refractivity contribution in [1.82, 2.24) is 0 Å². The quantitative estimate of drug-likeness (QED) is 0.284. The van der Waals surface area contributed by atoms with Crippen LogP contribution in [-0.2, 0) is 0 Å². The van der Waals surface area contributed by atoms with Crippen LogP contribution in [0.2, 0.25) is 0 Å². The van der Waals surface area contributed by atoms with Crippen LogP contribution in [0.1, 0.15) is 0 Å². The second-order valence-corrected chi connectivity index (χ2v) is 8.22. The number of benzene rings is 6. The number of rotatable bonds is 2. The van der Waals surface area contributed by atoms with Crippen molar-refractivity contribution in [3.8, 4) is 33.8 Å². The topological polar surface area (TPSA) is 40.5 Å². The molecule has 0 aliphatic carbocycles. The van der Waals surface area contributed by atoms with Gasteiger partial charge in [-0.3, -0.25) is 0 Å². The molecule has 0 amide bonds. The van der Waals surface area contributed by atoms with Crippen LogP contribution in [0.25, 0.3) is 43.8 Å². The SMILES string of the molecule is Oc1ccc2cc(-c3ccccc3)ccc2c1.Oc1ccc2cc(-c3ccccc3)ccc2c1. The van der Waals surface area contributed by atoms with Crippen molar-refractivity contribution in [3.63, 3.8) is 0 Å². The van der Waals surface area contributed by atoms with Crippen molar-refractivity contribution in [1.29, 1.82) is 0 Å². The summed E-state index contributed by atoms with van der Waals surface area (Å²) >= 11 is 0. The lowest BCUT2D eigenvalue weighted by molar-refractivity contribution is 0.475. The highest BCUT2D eigenvalue weighted by atomic mass is 16.3. The van der Waals surface area contributed by atoms with E-state index >= 15 is 0 Å². The van der Waals surface area contributed by atoms with Crippen molar-refractivity contribution < 1.29 is 10.2 Å². The molecule has 2 N–H and O–H groups in total. The zero-order valence-electron chi connectivity index (χ0n) is 18.6. The maximum absolute atomic E-state index is 9.42. The predicted molar refractivity (Wildman–Crippen MR) is 142 cm³/mol. The molecule has 34 heavy (non-hydrogen) atoms. The summed E-state index contributed by atoms with van der Waals surface area (Å²) in [5.41, 5.74) is 4.82. The molecule has 6 aromatic rings. The Morgan fingerprint density at radius 1 is 0.294 bits per heavy atom. The van der Waals surface area contributed by atoms with Gasteiger partial charge in [0.25, 0.3) is 0 Å². The number of phenols is 2. The van der Waals surface area contributed by atoms with Gasteiger partial charge in [0.05, 0.1) is 0 Å². The molecule has 0 radical (unpaired) electrons. The van der Waals surface area contributed by atoms with Crippen molar-refractivity contribution in [2.24, 2.45) is 0 Å². The Labute approximate surface area is 199 Å². The lowest BCUT2D eigenvalue weighted by Crippen LogP contribution is -1.78. The van der Waals surface area contributed by atoms with E-state index in [0.29, 0.717) is 11.5 Å². The van der Waals surface area contributed by atoms with Crippen LogP contribution in [0.5, 0.6) is 11.5 Å². The number of hydrogen-bond acceptors (Lipinski definition) is 2. The van der Waals surface area contributed by atoms with Crippen LogP contribution in [0.15, 0.2) is 133 Å². The molecule has 0 saturated carbocycles. The molecule has 0 spiro atoms. The molecule has 0 bridgehead atoms. The molecular weight excluding hydrogens is 416 g/mol. The molecular formula is C32H24O2. The van der Waals surface area contributed by atoms with E-state index in [4.69, 9.17) is 0 Å². The molecule has 0 heterocycles. The van der Waals surface area contributed by atoms with Crippen LogP contribution in [0.3, 0.4) is 0 Å². The Kier molecular flexibility index (Phi) is 5.96. The summed E-state index contributed by atoms with van der Waals surface area (Å²) in [4.78, 5) is 0. The Morgan fingerprint density at radius 2 is 0.647 bits per heavy atom. The molecule has 2 heteroatoms. The predicted octanol–water partition coefficient (Wildman–Crippen LogP) is 8.42. The average Bonchev–Trinajstić information content (AvgIpc) is 2.89. The van der Waals surface area contributed by atoms with E-state index in [0.717, 1.165) is 21.5 Å². The molecule has 6 aromatic carbocycles. The van der Waals surface area contributed by atoms with Crippen LogP contribution in [0.4, 0.5) is 0 Å². The summed E-state index contributed by atoms with van der Waals surface area (Å²) < 4.78 is 0. The summed E-state index contributed by atoms with van der Waals surface area (Å²) in [6, 6.07) is 44.0. The van der Waals surface area contributed by atoms with Crippen molar-refractivity contribution in [3.05, 3.63) is 133 Å². The fraction of sp³-hybridized carbons (Fsp3) is 0. The first-order valence-electron chi connectivity index (χ1n) is 11.2. The summed E-state index contributed by atoms with van der Waals surface area (Å²) in [6.07, 6.45) is 0. The summed E-state index contributed by atoms with van der Waals surface area (Å²) in [6.45, 7) is 0. The van der Waals surface area contributed by atoms with Gasteiger partial charge >= 0.3 is 0 Å². The minimum Gasteiger partial charge on any atom is -0.508 e. The molecule has 0 fully saturated rings. The van der Waals surface area contributed by atoms with E-state index in [1.54, 1.807) is 24.3 Å². The normalized spacial score (nSPS) is 10.6. The maximum Gasteiger partial charge on any atom is 0.116 e. The zero-order valence-corrected chi connectivity index (χ0v) is 18.6. The fourth-order valence-electron chi connectivity index (χ4n) is 4.09. The third-order valence-corrected chi connectivity index (χ3v) is 5.86. The first-order chi connectivity index (χ1) is 16.7. The first kappa shape index (κ1) is 21.3. The van der Waals surface area contributed by atoms with Gasteiger partial charge in [-0.1, -0.05) is 97.1 Å². The van der Waals surface area contributed by atoms with Gasteiger partial charge in [0.15, 0.2) is 0 Å². The zero-order chi connectivity index (χ0) is 23.3. The van der Waals surface area contributed by atoms with Gasteiger partial charge in [-0.15, -0.1) is 0 Å². The van der Waals surface area contributed by atoms with Crippen LogP contribution >= 0.6 is 0 Å². The molecule has 2 nitrogen and oxygen atoms in total. The van der Waals surface area contributed by atoms with Gasteiger partial charge in [-0.05, 0) is 80.2 Å². The monoisotopic (exact) mass is 440 g/mol. The maximum atomic E-state index is 9.42. The Bertz CT molecular complexity index is 1430. The number of fused-ring (bicyclic) bond motifs is 2. The molecule has 0 saturated heterocycles. The smallest absolute Gasteiger partial charge is 0.116 e. The van der Waals surface area contributed by atoms with Gasteiger partial charge in [0.1, 0.15) is 11.5 Å². The van der Waals surface area contributed by atoms with Crippen molar-refractivity contribution in [2.45, 2.75) is 0 Å². The van der Waals surface area contributed by atoms with Gasteiger partial charge < -0.3 is 10.2 Å². The Hall–Kier alpha value is -4.56. The highest BCUT2D eigenvalue weighted by Gasteiger charge is 2.01. The largest absolute Gasteiger partial charge is 0.508 e. The van der Waals surface area contributed by atoms with Crippen molar-refractivity contribution >= 4 is 21.5 Å². The summed E-state index contributed by atoms with van der Waals surface area (Å²) in [5, 5.41) is 23.2. The van der Waals surface area contributed by atoms with Gasteiger partial charge in [-0.25, -0.2) is 0 Å². The van der Waals surface area contributed by atoms with E-state index < -0.39 is 0 Å². The first-order valence-corrected chi connectivity index (χ1v) is 11.2.